The number of hydrogen-bond acceptors (Lipinski definition) is 6. The zero-order chi connectivity index (χ0) is 22.0. The van der Waals surface area contributed by atoms with Crippen molar-refractivity contribution in [3.05, 3.63) is 58.9 Å². The molecule has 31 heavy (non-hydrogen) atoms. The van der Waals surface area contributed by atoms with Gasteiger partial charge < -0.3 is 19.3 Å². The van der Waals surface area contributed by atoms with Gasteiger partial charge >= 0.3 is 0 Å². The van der Waals surface area contributed by atoms with Crippen molar-refractivity contribution in [3.63, 3.8) is 0 Å². The summed E-state index contributed by atoms with van der Waals surface area (Å²) in [5, 5.41) is 0.448. The number of carbonyl (C=O) groups is 1. The number of aromatic nitrogens is 1. The topological polar surface area (TPSA) is 54.9 Å². The molecular formula is C23H24FN3O3S. The van der Waals surface area contributed by atoms with Crippen molar-refractivity contribution < 1.29 is 18.7 Å². The van der Waals surface area contributed by atoms with Crippen LogP contribution in [-0.4, -0.2) is 56.2 Å². The molecule has 0 spiro atoms. The van der Waals surface area contributed by atoms with Gasteiger partial charge in [0.05, 0.1) is 31.2 Å². The van der Waals surface area contributed by atoms with E-state index in [0.717, 1.165) is 11.4 Å². The van der Waals surface area contributed by atoms with Gasteiger partial charge in [0.25, 0.3) is 5.91 Å². The average molecular weight is 442 g/mol. The number of amides is 1. The molecule has 0 radical (unpaired) electrons. The Morgan fingerprint density at radius 3 is 2.39 bits per heavy atom. The van der Waals surface area contributed by atoms with Gasteiger partial charge in [-0.15, -0.1) is 11.3 Å². The Kier molecular flexibility index (Phi) is 6.08. The highest BCUT2D eigenvalue weighted by Crippen LogP contribution is 2.37. The normalized spacial score (nSPS) is 13.9. The van der Waals surface area contributed by atoms with Crippen molar-refractivity contribution in [3.8, 4) is 22.1 Å². The van der Waals surface area contributed by atoms with Crippen molar-refractivity contribution in [1.82, 2.24) is 9.88 Å². The lowest BCUT2D eigenvalue weighted by Gasteiger charge is -2.36. The van der Waals surface area contributed by atoms with E-state index in [1.54, 1.807) is 26.2 Å². The molecule has 1 aromatic heterocycles. The van der Waals surface area contributed by atoms with Crippen LogP contribution in [0.5, 0.6) is 11.5 Å². The number of halogens is 1. The summed E-state index contributed by atoms with van der Waals surface area (Å²) in [5.74, 6) is 0.732. The fourth-order valence-electron chi connectivity index (χ4n) is 3.77. The van der Waals surface area contributed by atoms with E-state index in [4.69, 9.17) is 9.47 Å². The smallest absolute Gasteiger partial charge is 0.265 e. The molecule has 3 aromatic rings. The summed E-state index contributed by atoms with van der Waals surface area (Å²) in [6.45, 7) is 4.38. The number of nitrogens with zero attached hydrogens (tertiary/aromatic N) is 3. The summed E-state index contributed by atoms with van der Waals surface area (Å²) in [4.78, 5) is 22.3. The number of benzene rings is 2. The van der Waals surface area contributed by atoms with Crippen LogP contribution in [-0.2, 0) is 0 Å². The van der Waals surface area contributed by atoms with E-state index in [1.165, 1.54) is 24.5 Å². The molecule has 0 aliphatic carbocycles. The largest absolute Gasteiger partial charge is 0.496 e. The molecule has 1 aliphatic rings. The minimum Gasteiger partial charge on any atom is -0.496 e. The van der Waals surface area contributed by atoms with Crippen molar-refractivity contribution in [2.45, 2.75) is 6.92 Å². The summed E-state index contributed by atoms with van der Waals surface area (Å²) in [5.41, 5.74) is 1.92. The van der Waals surface area contributed by atoms with Gasteiger partial charge in [-0.05, 0) is 31.2 Å². The van der Waals surface area contributed by atoms with E-state index >= 15 is 0 Å². The monoisotopic (exact) mass is 441 g/mol. The average Bonchev–Trinajstić information content (AvgIpc) is 3.19. The molecule has 1 aliphatic heterocycles. The molecule has 0 unspecified atom stereocenters. The quantitative estimate of drug-likeness (QED) is 0.593. The molecule has 0 saturated carbocycles. The third-order valence-corrected chi connectivity index (χ3v) is 6.56. The highest BCUT2D eigenvalue weighted by atomic mass is 32.1. The first kappa shape index (κ1) is 21.1. The van der Waals surface area contributed by atoms with Crippen LogP contribution in [0.2, 0.25) is 0 Å². The van der Waals surface area contributed by atoms with E-state index < -0.39 is 5.82 Å². The molecule has 162 valence electrons. The molecule has 6 nitrogen and oxygen atoms in total. The Hall–Kier alpha value is -3.13. The molecule has 2 aromatic carbocycles. The number of methoxy groups -OCH3 is 2. The van der Waals surface area contributed by atoms with Crippen molar-refractivity contribution in [1.29, 1.82) is 0 Å². The summed E-state index contributed by atoms with van der Waals surface area (Å²) < 4.78 is 25.2. The number of carbonyl (C=O) groups excluding carboxylic acids is 1. The van der Waals surface area contributed by atoms with Gasteiger partial charge in [-0.25, -0.2) is 9.37 Å². The molecule has 2 heterocycles. The molecule has 0 bridgehead atoms. The summed E-state index contributed by atoms with van der Waals surface area (Å²) >= 11 is 1.21. The van der Waals surface area contributed by atoms with E-state index in [2.05, 4.69) is 9.88 Å². The van der Waals surface area contributed by atoms with Crippen LogP contribution in [0.1, 0.15) is 15.4 Å². The second-order valence-corrected chi connectivity index (χ2v) is 8.20. The Morgan fingerprint density at radius 2 is 1.68 bits per heavy atom. The number of anilines is 1. The van der Waals surface area contributed by atoms with Gasteiger partial charge in [-0.1, -0.05) is 18.2 Å². The van der Waals surface area contributed by atoms with Crippen LogP contribution in [0.25, 0.3) is 10.6 Å². The minimum atomic E-state index is -0.419. The Morgan fingerprint density at radius 1 is 1.00 bits per heavy atom. The Labute approximate surface area is 184 Å². The van der Waals surface area contributed by atoms with Crippen LogP contribution >= 0.6 is 11.3 Å². The molecular weight excluding hydrogens is 417 g/mol. The van der Waals surface area contributed by atoms with Crippen molar-refractivity contribution >= 4 is 22.9 Å². The number of para-hydroxylation sites is 2. The molecule has 1 fully saturated rings. The molecule has 1 amide bonds. The van der Waals surface area contributed by atoms with Crippen LogP contribution in [0.3, 0.4) is 0 Å². The fraction of sp³-hybridized carbons (Fsp3) is 0.304. The van der Waals surface area contributed by atoms with Gasteiger partial charge in [-0.2, -0.15) is 0 Å². The Balaban J connectivity index is 1.52. The SMILES string of the molecule is COc1ccccc1N1CCN(C(=O)c2sc(-c3c(F)cccc3OC)nc2C)CC1. The van der Waals surface area contributed by atoms with Crippen molar-refractivity contribution in [2.75, 3.05) is 45.3 Å². The molecule has 0 atom stereocenters. The number of thiazole rings is 1. The van der Waals surface area contributed by atoms with E-state index in [9.17, 15) is 9.18 Å². The predicted molar refractivity (Wildman–Crippen MR) is 120 cm³/mol. The second-order valence-electron chi connectivity index (χ2n) is 7.20. The van der Waals surface area contributed by atoms with E-state index in [0.29, 0.717) is 47.5 Å². The first-order valence-corrected chi connectivity index (χ1v) is 10.8. The van der Waals surface area contributed by atoms with E-state index in [1.807, 2.05) is 29.2 Å². The zero-order valence-corrected chi connectivity index (χ0v) is 18.5. The number of rotatable bonds is 5. The molecule has 4 rings (SSSR count). The molecule has 1 saturated heterocycles. The molecule has 8 heteroatoms. The van der Waals surface area contributed by atoms with Gasteiger partial charge in [-0.3, -0.25) is 4.79 Å². The summed E-state index contributed by atoms with van der Waals surface area (Å²) in [6.07, 6.45) is 0. The lowest BCUT2D eigenvalue weighted by Crippen LogP contribution is -2.48. The maximum atomic E-state index is 14.5. The predicted octanol–water partition coefficient (Wildman–Crippen LogP) is 4.24. The first-order valence-electron chi connectivity index (χ1n) is 10.0. The molecule has 0 N–H and O–H groups in total. The number of aryl methyl sites for hydroxylation is 1. The lowest BCUT2D eigenvalue weighted by atomic mass is 10.2. The number of piperazine rings is 1. The van der Waals surface area contributed by atoms with Crippen LogP contribution in [0.4, 0.5) is 10.1 Å². The first-order chi connectivity index (χ1) is 15.0. The third-order valence-electron chi connectivity index (χ3n) is 5.39. The fourth-order valence-corrected chi connectivity index (χ4v) is 4.85. The number of ether oxygens (including phenoxy) is 2. The zero-order valence-electron chi connectivity index (χ0n) is 17.7. The van der Waals surface area contributed by atoms with Gasteiger partial charge in [0, 0.05) is 26.2 Å². The number of hydrogen-bond donors (Lipinski definition) is 0. The van der Waals surface area contributed by atoms with Crippen LogP contribution in [0.15, 0.2) is 42.5 Å². The third kappa shape index (κ3) is 4.07. The standard InChI is InChI=1S/C23H24FN3O3S/c1-15-21(31-22(25-15)20-16(24)7-6-10-19(20)30-3)23(28)27-13-11-26(12-14-27)17-8-4-5-9-18(17)29-2/h4-10H,11-14H2,1-3H3. The van der Waals surface area contributed by atoms with Crippen LogP contribution < -0.4 is 14.4 Å². The van der Waals surface area contributed by atoms with Gasteiger partial charge in [0.1, 0.15) is 27.2 Å². The van der Waals surface area contributed by atoms with Gasteiger partial charge in [0.2, 0.25) is 0 Å². The lowest BCUT2D eigenvalue weighted by molar-refractivity contribution is 0.0750. The Bertz CT molecular complexity index is 1090. The maximum Gasteiger partial charge on any atom is 0.265 e. The minimum absolute atomic E-state index is 0.0729. The van der Waals surface area contributed by atoms with Crippen LogP contribution in [0, 0.1) is 12.7 Å². The van der Waals surface area contributed by atoms with Crippen molar-refractivity contribution in [2.24, 2.45) is 0 Å². The summed E-state index contributed by atoms with van der Waals surface area (Å²) in [6, 6.07) is 12.5. The van der Waals surface area contributed by atoms with Gasteiger partial charge in [0.15, 0.2) is 0 Å². The highest BCUT2D eigenvalue weighted by molar-refractivity contribution is 7.17. The second kappa shape index (κ2) is 8.93. The maximum absolute atomic E-state index is 14.5. The highest BCUT2D eigenvalue weighted by Gasteiger charge is 2.27. The van der Waals surface area contributed by atoms with E-state index in [-0.39, 0.29) is 11.5 Å². The summed E-state index contributed by atoms with van der Waals surface area (Å²) in [7, 11) is 3.15.